The summed E-state index contributed by atoms with van der Waals surface area (Å²) in [6.45, 7) is 3.65. The minimum absolute atomic E-state index is 0. The van der Waals surface area contributed by atoms with Crippen molar-refractivity contribution in [2.75, 3.05) is 37.9 Å². The van der Waals surface area contributed by atoms with Crippen LogP contribution in [0.15, 0.2) is 0 Å². The van der Waals surface area contributed by atoms with Crippen LogP contribution in [0.25, 0.3) is 0 Å². The number of hydrogen-bond donors (Lipinski definition) is 1. The molecule has 3 aliphatic heterocycles. The number of nitrogens with one attached hydrogen (secondary N) is 1. The molecule has 1 amide bonds. The Morgan fingerprint density at radius 1 is 1.33 bits per heavy atom. The molecule has 6 heteroatoms. The number of nitrogens with zero attached hydrogens (tertiary/aromatic N) is 1. The van der Waals surface area contributed by atoms with Gasteiger partial charge in [-0.05, 0) is 24.7 Å². The molecule has 1 atom stereocenters. The number of likely N-dealkylation sites (tertiary alicyclic amines) is 1. The molecule has 104 valence electrons. The highest BCUT2D eigenvalue weighted by Gasteiger charge is 2.42. The smallest absolute Gasteiger partial charge is 0.240 e. The number of rotatable bonds is 1. The number of hydrogen-bond acceptors (Lipinski definition) is 4. The van der Waals surface area contributed by atoms with Crippen LogP contribution in [0.4, 0.5) is 0 Å². The van der Waals surface area contributed by atoms with E-state index in [-0.39, 0.29) is 18.4 Å². The topological polar surface area (TPSA) is 41.6 Å². The first-order valence-corrected chi connectivity index (χ1v) is 7.62. The molecule has 3 aliphatic rings. The largest absolute Gasteiger partial charge is 0.381 e. The lowest BCUT2D eigenvalue weighted by atomic mass is 9.80. The SMILES string of the molecule is Cl.O=C(C1CSCN1)N1CCC2(CCOCC2)C1. The van der Waals surface area contributed by atoms with Crippen molar-refractivity contribution in [3.05, 3.63) is 0 Å². The van der Waals surface area contributed by atoms with Crippen LogP contribution in [-0.2, 0) is 9.53 Å². The molecule has 1 spiro atoms. The van der Waals surface area contributed by atoms with E-state index < -0.39 is 0 Å². The summed E-state index contributed by atoms with van der Waals surface area (Å²) in [4.78, 5) is 14.4. The Bertz CT molecular complexity index is 304. The predicted octanol–water partition coefficient (Wildman–Crippen LogP) is 1.10. The fraction of sp³-hybridized carbons (Fsp3) is 0.917. The van der Waals surface area contributed by atoms with Gasteiger partial charge in [-0.2, -0.15) is 0 Å². The van der Waals surface area contributed by atoms with Crippen LogP contribution in [-0.4, -0.2) is 54.8 Å². The summed E-state index contributed by atoms with van der Waals surface area (Å²) in [5.74, 6) is 2.17. The maximum Gasteiger partial charge on any atom is 0.240 e. The Morgan fingerprint density at radius 3 is 2.78 bits per heavy atom. The van der Waals surface area contributed by atoms with Crippen molar-refractivity contribution in [1.82, 2.24) is 10.2 Å². The van der Waals surface area contributed by atoms with Crippen molar-refractivity contribution >= 4 is 30.1 Å². The Kier molecular flexibility index (Phi) is 4.80. The molecule has 4 nitrogen and oxygen atoms in total. The molecule has 0 aromatic carbocycles. The highest BCUT2D eigenvalue weighted by atomic mass is 35.5. The van der Waals surface area contributed by atoms with E-state index >= 15 is 0 Å². The fourth-order valence-corrected chi connectivity index (χ4v) is 4.04. The molecule has 0 bridgehead atoms. The summed E-state index contributed by atoms with van der Waals surface area (Å²) in [7, 11) is 0. The molecule has 0 aliphatic carbocycles. The zero-order valence-corrected chi connectivity index (χ0v) is 12.2. The summed E-state index contributed by atoms with van der Waals surface area (Å²) in [5.41, 5.74) is 0.375. The van der Waals surface area contributed by atoms with Gasteiger partial charge in [0.1, 0.15) is 0 Å². The van der Waals surface area contributed by atoms with Gasteiger partial charge in [-0.15, -0.1) is 24.2 Å². The van der Waals surface area contributed by atoms with Crippen LogP contribution in [0, 0.1) is 5.41 Å². The second-order valence-corrected chi connectivity index (χ2v) is 6.42. The van der Waals surface area contributed by atoms with Gasteiger partial charge in [0.25, 0.3) is 0 Å². The molecule has 0 aromatic rings. The average Bonchev–Trinajstić information content (AvgIpc) is 2.99. The maximum absolute atomic E-state index is 12.3. The lowest BCUT2D eigenvalue weighted by Crippen LogP contribution is -2.45. The maximum atomic E-state index is 12.3. The molecule has 3 fully saturated rings. The number of amides is 1. The first-order chi connectivity index (χ1) is 8.29. The number of thioether (sulfide) groups is 1. The Hall–Kier alpha value is 0.0300. The Labute approximate surface area is 119 Å². The summed E-state index contributed by atoms with van der Waals surface area (Å²) in [6.07, 6.45) is 3.43. The van der Waals surface area contributed by atoms with E-state index in [1.807, 2.05) is 11.8 Å². The van der Waals surface area contributed by atoms with Crippen LogP contribution in [0.1, 0.15) is 19.3 Å². The van der Waals surface area contributed by atoms with E-state index in [0.29, 0.717) is 11.3 Å². The fourth-order valence-electron chi connectivity index (χ4n) is 3.11. The molecule has 3 saturated heterocycles. The standard InChI is InChI=1S/C12H20N2O2S.ClH/c15-11(10-7-17-9-13-10)14-4-1-12(8-14)2-5-16-6-3-12;/h10,13H,1-9H2;1H. The number of carbonyl (C=O) groups excluding carboxylic acids is 1. The van der Waals surface area contributed by atoms with E-state index in [2.05, 4.69) is 10.2 Å². The monoisotopic (exact) mass is 292 g/mol. The minimum atomic E-state index is 0. The van der Waals surface area contributed by atoms with E-state index in [1.54, 1.807) is 0 Å². The number of halogens is 1. The second kappa shape index (κ2) is 5.99. The normalized spacial score (nSPS) is 30.4. The van der Waals surface area contributed by atoms with Crippen molar-refractivity contribution in [3.63, 3.8) is 0 Å². The van der Waals surface area contributed by atoms with Gasteiger partial charge < -0.3 is 9.64 Å². The average molecular weight is 293 g/mol. The van der Waals surface area contributed by atoms with Gasteiger partial charge in [-0.1, -0.05) is 0 Å². The minimum Gasteiger partial charge on any atom is -0.381 e. The summed E-state index contributed by atoms with van der Waals surface area (Å²) in [6, 6.07) is 0.0648. The van der Waals surface area contributed by atoms with E-state index in [1.165, 1.54) is 6.42 Å². The van der Waals surface area contributed by atoms with Gasteiger partial charge in [0.05, 0.1) is 6.04 Å². The molecule has 0 saturated carbocycles. The quantitative estimate of drug-likeness (QED) is 0.786. The van der Waals surface area contributed by atoms with Crippen LogP contribution >= 0.6 is 24.2 Å². The zero-order chi connectivity index (χ0) is 11.7. The highest BCUT2D eigenvalue weighted by molar-refractivity contribution is 7.99. The van der Waals surface area contributed by atoms with Gasteiger partial charge in [0, 0.05) is 37.9 Å². The van der Waals surface area contributed by atoms with E-state index in [9.17, 15) is 4.79 Å². The second-order valence-electron chi connectivity index (χ2n) is 5.39. The Balaban J connectivity index is 0.00000120. The molecule has 0 radical (unpaired) electrons. The highest BCUT2D eigenvalue weighted by Crippen LogP contribution is 2.39. The van der Waals surface area contributed by atoms with Gasteiger partial charge in [0.15, 0.2) is 0 Å². The van der Waals surface area contributed by atoms with Crippen molar-refractivity contribution in [2.45, 2.75) is 25.3 Å². The van der Waals surface area contributed by atoms with Gasteiger partial charge >= 0.3 is 0 Å². The molecule has 18 heavy (non-hydrogen) atoms. The van der Waals surface area contributed by atoms with E-state index in [0.717, 1.165) is 50.8 Å². The first kappa shape index (κ1) is 14.4. The summed E-state index contributed by atoms with van der Waals surface area (Å²) >= 11 is 1.82. The van der Waals surface area contributed by atoms with Crippen molar-refractivity contribution in [2.24, 2.45) is 5.41 Å². The molecule has 3 heterocycles. The first-order valence-electron chi connectivity index (χ1n) is 6.47. The summed E-state index contributed by atoms with van der Waals surface area (Å²) < 4.78 is 5.43. The van der Waals surface area contributed by atoms with Gasteiger partial charge in [-0.25, -0.2) is 0 Å². The molecule has 3 rings (SSSR count). The predicted molar refractivity (Wildman–Crippen MR) is 75.2 cm³/mol. The third kappa shape index (κ3) is 2.79. The number of ether oxygens (including phenoxy) is 1. The van der Waals surface area contributed by atoms with E-state index in [4.69, 9.17) is 4.74 Å². The molecule has 1 N–H and O–H groups in total. The Morgan fingerprint density at radius 2 is 2.11 bits per heavy atom. The molecular formula is C12H21ClN2O2S. The lowest BCUT2D eigenvalue weighted by molar-refractivity contribution is -0.132. The molecule has 1 unspecified atom stereocenters. The van der Waals surface area contributed by atoms with Crippen LogP contribution < -0.4 is 5.32 Å². The van der Waals surface area contributed by atoms with Gasteiger partial charge in [-0.3, -0.25) is 10.1 Å². The van der Waals surface area contributed by atoms with Crippen molar-refractivity contribution in [1.29, 1.82) is 0 Å². The van der Waals surface area contributed by atoms with Crippen molar-refractivity contribution in [3.8, 4) is 0 Å². The lowest BCUT2D eigenvalue weighted by Gasteiger charge is -2.33. The van der Waals surface area contributed by atoms with Gasteiger partial charge in [0.2, 0.25) is 5.91 Å². The third-order valence-electron chi connectivity index (χ3n) is 4.32. The van der Waals surface area contributed by atoms with Crippen LogP contribution in [0.2, 0.25) is 0 Å². The third-order valence-corrected chi connectivity index (χ3v) is 5.26. The molecule has 0 aromatic heterocycles. The van der Waals surface area contributed by atoms with Crippen LogP contribution in [0.5, 0.6) is 0 Å². The molecular weight excluding hydrogens is 272 g/mol. The zero-order valence-electron chi connectivity index (χ0n) is 10.5. The summed E-state index contributed by atoms with van der Waals surface area (Å²) in [5, 5.41) is 3.27. The van der Waals surface area contributed by atoms with Crippen LogP contribution in [0.3, 0.4) is 0 Å². The number of carbonyl (C=O) groups is 1. The van der Waals surface area contributed by atoms with Crippen molar-refractivity contribution < 1.29 is 9.53 Å².